The highest BCUT2D eigenvalue weighted by Crippen LogP contribution is 2.38. The lowest BCUT2D eigenvalue weighted by molar-refractivity contribution is -0.150. The van der Waals surface area contributed by atoms with E-state index in [9.17, 15) is 9.90 Å². The second-order valence-electron chi connectivity index (χ2n) is 4.22. The summed E-state index contributed by atoms with van der Waals surface area (Å²) in [6.45, 7) is 0.920. The molecule has 4 nitrogen and oxygen atoms in total. The van der Waals surface area contributed by atoms with E-state index in [2.05, 4.69) is 5.32 Å². The molecule has 17 heavy (non-hydrogen) atoms. The van der Waals surface area contributed by atoms with Gasteiger partial charge in [0.2, 0.25) is 0 Å². The SMILES string of the molecule is O=C1OC2(CNC2)C(O)=C1c1ccc(Cl)cc1. The van der Waals surface area contributed by atoms with Crippen LogP contribution in [0.3, 0.4) is 0 Å². The Labute approximate surface area is 103 Å². The average Bonchev–Trinajstić information content (AvgIpc) is 2.52. The summed E-state index contributed by atoms with van der Waals surface area (Å²) in [6, 6.07) is 6.74. The fraction of sp³-hybridized carbons (Fsp3) is 0.250. The first kappa shape index (κ1) is 10.6. The van der Waals surface area contributed by atoms with Crippen LogP contribution in [-0.2, 0) is 9.53 Å². The predicted molar refractivity (Wildman–Crippen MR) is 62.7 cm³/mol. The molecule has 88 valence electrons. The number of rotatable bonds is 1. The Morgan fingerprint density at radius 3 is 2.41 bits per heavy atom. The van der Waals surface area contributed by atoms with E-state index in [4.69, 9.17) is 16.3 Å². The standard InChI is InChI=1S/C12H10ClNO3/c13-8-3-1-7(2-4-8)9-10(15)12(5-14-6-12)17-11(9)16/h1-4,14-15H,5-6H2. The molecular weight excluding hydrogens is 242 g/mol. The van der Waals surface area contributed by atoms with Crippen molar-refractivity contribution in [1.29, 1.82) is 0 Å². The summed E-state index contributed by atoms with van der Waals surface area (Å²) in [6.07, 6.45) is 0. The number of ether oxygens (including phenoxy) is 1. The number of aliphatic hydroxyl groups excluding tert-OH is 1. The van der Waals surface area contributed by atoms with Gasteiger partial charge in [0.25, 0.3) is 0 Å². The average molecular weight is 252 g/mol. The lowest BCUT2D eigenvalue weighted by Gasteiger charge is -2.36. The van der Waals surface area contributed by atoms with Crippen molar-refractivity contribution in [3.8, 4) is 0 Å². The summed E-state index contributed by atoms with van der Waals surface area (Å²) < 4.78 is 5.24. The lowest BCUT2D eigenvalue weighted by atomic mass is 9.92. The Morgan fingerprint density at radius 2 is 1.94 bits per heavy atom. The van der Waals surface area contributed by atoms with Gasteiger partial charge in [-0.05, 0) is 17.7 Å². The topological polar surface area (TPSA) is 58.6 Å². The van der Waals surface area contributed by atoms with Crippen molar-refractivity contribution >= 4 is 23.1 Å². The van der Waals surface area contributed by atoms with Crippen molar-refractivity contribution in [2.45, 2.75) is 5.60 Å². The van der Waals surface area contributed by atoms with Gasteiger partial charge in [0.05, 0.1) is 0 Å². The Kier molecular flexibility index (Phi) is 2.18. The third kappa shape index (κ3) is 1.45. The first-order chi connectivity index (χ1) is 8.12. The van der Waals surface area contributed by atoms with Crippen LogP contribution in [0.25, 0.3) is 5.57 Å². The zero-order valence-electron chi connectivity index (χ0n) is 8.87. The van der Waals surface area contributed by atoms with Crippen LogP contribution in [0, 0.1) is 0 Å². The van der Waals surface area contributed by atoms with Crippen LogP contribution in [0.5, 0.6) is 0 Å². The molecule has 1 saturated heterocycles. The maximum Gasteiger partial charge on any atom is 0.343 e. The van der Waals surface area contributed by atoms with Crippen LogP contribution in [-0.4, -0.2) is 29.8 Å². The molecule has 2 aliphatic heterocycles. The van der Waals surface area contributed by atoms with E-state index in [1.54, 1.807) is 24.3 Å². The zero-order valence-corrected chi connectivity index (χ0v) is 9.62. The summed E-state index contributed by atoms with van der Waals surface area (Å²) in [5, 5.41) is 13.7. The summed E-state index contributed by atoms with van der Waals surface area (Å²) in [7, 11) is 0. The van der Waals surface area contributed by atoms with Crippen LogP contribution in [0.1, 0.15) is 5.56 Å². The molecule has 2 aliphatic rings. The summed E-state index contributed by atoms with van der Waals surface area (Å²) in [5.41, 5.74) is 0.0235. The van der Waals surface area contributed by atoms with E-state index in [0.717, 1.165) is 0 Å². The largest absolute Gasteiger partial charge is 0.507 e. The number of halogens is 1. The summed E-state index contributed by atoms with van der Waals surface area (Å²) in [4.78, 5) is 11.8. The van der Waals surface area contributed by atoms with Gasteiger partial charge in [-0.2, -0.15) is 0 Å². The molecule has 1 aromatic carbocycles. The number of hydrogen-bond acceptors (Lipinski definition) is 4. The lowest BCUT2D eigenvalue weighted by Crippen LogP contribution is -2.60. The van der Waals surface area contributed by atoms with Gasteiger partial charge in [0.15, 0.2) is 11.4 Å². The van der Waals surface area contributed by atoms with Crippen LogP contribution in [0.15, 0.2) is 30.0 Å². The highest BCUT2D eigenvalue weighted by molar-refractivity contribution is 6.30. The molecular formula is C12H10ClNO3. The van der Waals surface area contributed by atoms with Gasteiger partial charge in [-0.3, -0.25) is 0 Å². The highest BCUT2D eigenvalue weighted by atomic mass is 35.5. The van der Waals surface area contributed by atoms with Gasteiger partial charge in [-0.25, -0.2) is 4.79 Å². The Bertz CT molecular complexity index is 517. The third-order valence-corrected chi connectivity index (χ3v) is 3.37. The number of hydrogen-bond donors (Lipinski definition) is 2. The number of benzene rings is 1. The Balaban J connectivity index is 2.07. The first-order valence-electron chi connectivity index (χ1n) is 5.26. The van der Waals surface area contributed by atoms with Crippen molar-refractivity contribution in [3.05, 3.63) is 40.6 Å². The maximum absolute atomic E-state index is 11.8. The molecule has 0 atom stereocenters. The monoisotopic (exact) mass is 251 g/mol. The molecule has 3 rings (SSSR count). The Morgan fingerprint density at radius 1 is 1.29 bits per heavy atom. The molecule has 0 bridgehead atoms. The van der Waals surface area contributed by atoms with Gasteiger partial charge in [-0.1, -0.05) is 23.7 Å². The van der Waals surface area contributed by atoms with Gasteiger partial charge < -0.3 is 15.2 Å². The van der Waals surface area contributed by atoms with E-state index in [0.29, 0.717) is 23.7 Å². The normalized spacial score (nSPS) is 21.6. The van der Waals surface area contributed by atoms with E-state index in [1.165, 1.54) is 0 Å². The fourth-order valence-corrected chi connectivity index (χ4v) is 2.19. The fourth-order valence-electron chi connectivity index (χ4n) is 2.06. The van der Waals surface area contributed by atoms with E-state index in [1.807, 2.05) is 0 Å². The van der Waals surface area contributed by atoms with Crippen LogP contribution in [0.2, 0.25) is 5.02 Å². The van der Waals surface area contributed by atoms with Crippen LogP contribution < -0.4 is 5.32 Å². The zero-order chi connectivity index (χ0) is 12.0. The number of carbonyl (C=O) groups is 1. The minimum atomic E-state index is -0.841. The smallest absolute Gasteiger partial charge is 0.343 e. The number of carbonyl (C=O) groups excluding carboxylic acids is 1. The molecule has 0 aliphatic carbocycles. The predicted octanol–water partition coefficient (Wildman–Crippen LogP) is 1.51. The van der Waals surface area contributed by atoms with Gasteiger partial charge in [0, 0.05) is 18.1 Å². The van der Waals surface area contributed by atoms with Crippen molar-refractivity contribution < 1.29 is 14.6 Å². The second-order valence-corrected chi connectivity index (χ2v) is 4.65. The van der Waals surface area contributed by atoms with Crippen LogP contribution in [0.4, 0.5) is 0 Å². The summed E-state index contributed by atoms with van der Waals surface area (Å²) >= 11 is 5.78. The minimum absolute atomic E-state index is 0.0172. The maximum atomic E-state index is 11.8. The van der Waals surface area contributed by atoms with E-state index >= 15 is 0 Å². The van der Waals surface area contributed by atoms with Gasteiger partial charge in [-0.15, -0.1) is 0 Å². The minimum Gasteiger partial charge on any atom is -0.507 e. The van der Waals surface area contributed by atoms with Gasteiger partial charge in [0.1, 0.15) is 5.57 Å². The molecule has 0 amide bonds. The van der Waals surface area contributed by atoms with E-state index in [-0.39, 0.29) is 11.3 Å². The van der Waals surface area contributed by atoms with Crippen molar-refractivity contribution in [2.24, 2.45) is 0 Å². The molecule has 0 radical (unpaired) electrons. The number of esters is 1. The molecule has 1 spiro atoms. The number of aliphatic hydroxyl groups is 1. The quantitative estimate of drug-likeness (QED) is 0.743. The van der Waals surface area contributed by atoms with E-state index < -0.39 is 11.6 Å². The highest BCUT2D eigenvalue weighted by Gasteiger charge is 2.52. The van der Waals surface area contributed by atoms with Gasteiger partial charge >= 0.3 is 5.97 Å². The summed E-state index contributed by atoms with van der Waals surface area (Å²) in [5.74, 6) is -0.463. The first-order valence-corrected chi connectivity index (χ1v) is 5.64. The molecule has 1 fully saturated rings. The third-order valence-electron chi connectivity index (χ3n) is 3.11. The molecule has 0 unspecified atom stereocenters. The van der Waals surface area contributed by atoms with Crippen molar-refractivity contribution in [1.82, 2.24) is 5.32 Å². The molecule has 2 N–H and O–H groups in total. The Hall–Kier alpha value is -1.52. The second kappa shape index (κ2) is 3.48. The molecule has 0 saturated carbocycles. The van der Waals surface area contributed by atoms with Crippen LogP contribution >= 0.6 is 11.6 Å². The number of nitrogens with one attached hydrogen (secondary N) is 1. The molecule has 2 heterocycles. The van der Waals surface area contributed by atoms with Crippen molar-refractivity contribution in [2.75, 3.05) is 13.1 Å². The molecule has 0 aromatic heterocycles. The molecule has 1 aromatic rings. The molecule has 5 heteroatoms. The van der Waals surface area contributed by atoms with Crippen molar-refractivity contribution in [3.63, 3.8) is 0 Å².